The lowest BCUT2D eigenvalue weighted by Gasteiger charge is -2.14. The summed E-state index contributed by atoms with van der Waals surface area (Å²) in [5.41, 5.74) is 0.722. The molecule has 0 N–H and O–H groups in total. The van der Waals surface area contributed by atoms with E-state index in [1.54, 1.807) is 12.3 Å². The summed E-state index contributed by atoms with van der Waals surface area (Å²) < 4.78 is 26.1. The number of nitrogens with zero attached hydrogens (tertiary/aromatic N) is 3. The first-order valence-electron chi connectivity index (χ1n) is 5.61. The van der Waals surface area contributed by atoms with Gasteiger partial charge in [0.25, 0.3) is 15.9 Å². The molecule has 0 unspecified atom stereocenters. The van der Waals surface area contributed by atoms with E-state index in [9.17, 15) is 13.2 Å². The van der Waals surface area contributed by atoms with Crippen LogP contribution in [0.3, 0.4) is 0 Å². The molecule has 8 heteroatoms. The first kappa shape index (κ1) is 13.2. The molecular weight excluding hydrogens is 346 g/mol. The van der Waals surface area contributed by atoms with Crippen LogP contribution in [0.25, 0.3) is 0 Å². The van der Waals surface area contributed by atoms with Gasteiger partial charge in [0.2, 0.25) is 0 Å². The van der Waals surface area contributed by atoms with Gasteiger partial charge in [-0.15, -0.1) is 0 Å². The molecule has 20 heavy (non-hydrogen) atoms. The van der Waals surface area contributed by atoms with E-state index in [2.05, 4.69) is 25.9 Å². The number of hydrogen-bond donors (Lipinski definition) is 0. The molecule has 6 nitrogen and oxygen atoms in total. The van der Waals surface area contributed by atoms with Gasteiger partial charge in [0.05, 0.1) is 12.1 Å². The van der Waals surface area contributed by atoms with Crippen molar-refractivity contribution in [3.05, 3.63) is 52.4 Å². The SMILES string of the molecule is O=C1c2cccnc2S(=O)(=O)N1Cc1cncc(Br)c1. The van der Waals surface area contributed by atoms with Crippen LogP contribution < -0.4 is 0 Å². The molecule has 0 aromatic carbocycles. The maximum absolute atomic E-state index is 12.3. The second-order valence-electron chi connectivity index (χ2n) is 4.18. The van der Waals surface area contributed by atoms with Gasteiger partial charge in [-0.1, -0.05) is 0 Å². The van der Waals surface area contributed by atoms with Crippen molar-refractivity contribution in [2.45, 2.75) is 11.6 Å². The Balaban J connectivity index is 2.03. The van der Waals surface area contributed by atoms with Gasteiger partial charge in [-0.3, -0.25) is 9.78 Å². The minimum Gasteiger partial charge on any atom is -0.268 e. The molecule has 0 saturated heterocycles. The summed E-state index contributed by atoms with van der Waals surface area (Å²) in [7, 11) is -3.88. The number of halogens is 1. The summed E-state index contributed by atoms with van der Waals surface area (Å²) in [5, 5.41) is -0.187. The van der Waals surface area contributed by atoms with Crippen molar-refractivity contribution in [3.63, 3.8) is 0 Å². The van der Waals surface area contributed by atoms with Gasteiger partial charge < -0.3 is 0 Å². The molecule has 1 aliphatic rings. The van der Waals surface area contributed by atoms with Gasteiger partial charge in [-0.2, -0.15) is 8.42 Å². The lowest BCUT2D eigenvalue weighted by Crippen LogP contribution is -2.29. The monoisotopic (exact) mass is 353 g/mol. The fraction of sp³-hybridized carbons (Fsp3) is 0.0833. The van der Waals surface area contributed by atoms with Crippen molar-refractivity contribution >= 4 is 31.9 Å². The Hall–Kier alpha value is -1.80. The summed E-state index contributed by atoms with van der Waals surface area (Å²) in [6.07, 6.45) is 4.46. The Kier molecular flexibility index (Phi) is 3.06. The van der Waals surface area contributed by atoms with E-state index in [0.29, 0.717) is 5.56 Å². The summed E-state index contributed by atoms with van der Waals surface area (Å²) in [4.78, 5) is 19.9. The highest BCUT2D eigenvalue weighted by atomic mass is 79.9. The molecule has 0 fully saturated rings. The molecule has 1 amide bonds. The topological polar surface area (TPSA) is 80.2 Å². The predicted molar refractivity (Wildman–Crippen MR) is 73.2 cm³/mol. The third kappa shape index (κ3) is 2.01. The number of aromatic nitrogens is 2. The van der Waals surface area contributed by atoms with Crippen LogP contribution in [-0.4, -0.2) is 28.6 Å². The van der Waals surface area contributed by atoms with Crippen LogP contribution in [-0.2, 0) is 16.6 Å². The number of carbonyl (C=O) groups excluding carboxylic acids is 1. The number of rotatable bonds is 2. The van der Waals surface area contributed by atoms with E-state index >= 15 is 0 Å². The van der Waals surface area contributed by atoms with Crippen molar-refractivity contribution in [3.8, 4) is 0 Å². The molecule has 1 aliphatic heterocycles. The Morgan fingerprint density at radius 1 is 1.30 bits per heavy atom. The number of amides is 1. The first-order chi connectivity index (χ1) is 9.50. The van der Waals surface area contributed by atoms with Gasteiger partial charge in [-0.25, -0.2) is 9.29 Å². The molecule has 0 spiro atoms. The molecule has 2 aromatic heterocycles. The van der Waals surface area contributed by atoms with Crippen molar-refractivity contribution in [2.75, 3.05) is 0 Å². The maximum Gasteiger partial charge on any atom is 0.285 e. The minimum absolute atomic E-state index is 0.0655. The van der Waals surface area contributed by atoms with E-state index in [0.717, 1.165) is 8.78 Å². The summed E-state index contributed by atoms with van der Waals surface area (Å²) in [6.45, 7) is -0.0655. The van der Waals surface area contributed by atoms with Crippen LogP contribution in [0.2, 0.25) is 0 Å². The zero-order chi connectivity index (χ0) is 14.3. The summed E-state index contributed by atoms with van der Waals surface area (Å²) in [5.74, 6) is -0.562. The van der Waals surface area contributed by atoms with Crippen molar-refractivity contribution in [2.24, 2.45) is 0 Å². The number of hydrogen-bond acceptors (Lipinski definition) is 5. The highest BCUT2D eigenvalue weighted by molar-refractivity contribution is 9.10. The Bertz CT molecular complexity index is 807. The molecule has 0 bridgehead atoms. The largest absolute Gasteiger partial charge is 0.285 e. The molecule has 0 saturated carbocycles. The molecule has 0 radical (unpaired) electrons. The average molecular weight is 354 g/mol. The van der Waals surface area contributed by atoms with Gasteiger partial charge in [-0.05, 0) is 39.7 Å². The molecule has 2 aromatic rings. The van der Waals surface area contributed by atoms with Crippen molar-refractivity contribution in [1.29, 1.82) is 0 Å². The van der Waals surface area contributed by atoms with E-state index in [1.807, 2.05) is 0 Å². The lowest BCUT2D eigenvalue weighted by molar-refractivity contribution is 0.0864. The predicted octanol–water partition coefficient (Wildman–Crippen LogP) is 1.58. The van der Waals surface area contributed by atoms with E-state index in [1.165, 1.54) is 24.5 Å². The molecule has 3 heterocycles. The van der Waals surface area contributed by atoms with Crippen molar-refractivity contribution in [1.82, 2.24) is 14.3 Å². The Morgan fingerprint density at radius 2 is 2.10 bits per heavy atom. The van der Waals surface area contributed by atoms with Gasteiger partial charge >= 0.3 is 0 Å². The average Bonchev–Trinajstić information content (AvgIpc) is 2.61. The Morgan fingerprint density at radius 3 is 2.80 bits per heavy atom. The highest BCUT2D eigenvalue weighted by Gasteiger charge is 2.42. The normalized spacial score (nSPS) is 16.2. The smallest absolute Gasteiger partial charge is 0.268 e. The van der Waals surface area contributed by atoms with Gasteiger partial charge in [0.15, 0.2) is 5.03 Å². The third-order valence-electron chi connectivity index (χ3n) is 2.85. The fourth-order valence-electron chi connectivity index (χ4n) is 1.97. The highest BCUT2D eigenvalue weighted by Crippen LogP contribution is 2.29. The zero-order valence-corrected chi connectivity index (χ0v) is 12.4. The number of fused-ring (bicyclic) bond motifs is 1. The Labute approximate surface area is 123 Å². The second-order valence-corrected chi connectivity index (χ2v) is 6.88. The summed E-state index contributed by atoms with van der Waals surface area (Å²) >= 11 is 3.26. The van der Waals surface area contributed by atoms with E-state index in [-0.39, 0.29) is 17.1 Å². The first-order valence-corrected chi connectivity index (χ1v) is 7.85. The lowest BCUT2D eigenvalue weighted by atomic mass is 10.2. The van der Waals surface area contributed by atoms with Crippen molar-refractivity contribution < 1.29 is 13.2 Å². The molecular formula is C12H8BrN3O3S. The number of pyridine rings is 2. The van der Waals surface area contributed by atoms with Crippen LogP contribution in [0, 0.1) is 0 Å². The van der Waals surface area contributed by atoms with E-state index < -0.39 is 15.9 Å². The zero-order valence-electron chi connectivity index (χ0n) is 10.0. The maximum atomic E-state index is 12.3. The molecule has 0 atom stereocenters. The standard InChI is InChI=1S/C12H8BrN3O3S/c13-9-4-8(5-14-6-9)7-16-12(17)10-2-1-3-15-11(10)20(16,18)19/h1-6H,7H2. The molecule has 0 aliphatic carbocycles. The molecule has 102 valence electrons. The minimum atomic E-state index is -3.88. The number of carbonyl (C=O) groups is 1. The third-order valence-corrected chi connectivity index (χ3v) is 4.97. The van der Waals surface area contributed by atoms with Gasteiger partial charge in [0.1, 0.15) is 0 Å². The molecule has 3 rings (SSSR count). The quantitative estimate of drug-likeness (QED) is 0.818. The van der Waals surface area contributed by atoms with Crippen LogP contribution in [0.15, 0.2) is 46.3 Å². The van der Waals surface area contributed by atoms with Gasteiger partial charge in [0, 0.05) is 23.1 Å². The second kappa shape index (κ2) is 4.64. The summed E-state index contributed by atoms with van der Waals surface area (Å²) in [6, 6.07) is 4.71. The fourth-order valence-corrected chi connectivity index (χ4v) is 3.86. The van der Waals surface area contributed by atoms with Crippen LogP contribution >= 0.6 is 15.9 Å². The van der Waals surface area contributed by atoms with Crippen LogP contribution in [0.5, 0.6) is 0 Å². The van der Waals surface area contributed by atoms with Crippen LogP contribution in [0.4, 0.5) is 0 Å². The van der Waals surface area contributed by atoms with E-state index in [4.69, 9.17) is 0 Å². The number of sulfonamides is 1. The van der Waals surface area contributed by atoms with Crippen LogP contribution in [0.1, 0.15) is 15.9 Å².